The Morgan fingerprint density at radius 3 is 1.73 bits per heavy atom. The number of hydrogen-bond donors (Lipinski definition) is 1. The SMILES string of the molecule is CCCC(O)C(CC)(CC)N(CC)CC. The summed E-state index contributed by atoms with van der Waals surface area (Å²) in [6.07, 6.45) is 3.86. The molecule has 92 valence electrons. The lowest BCUT2D eigenvalue weighted by molar-refractivity contribution is -0.0386. The summed E-state index contributed by atoms with van der Waals surface area (Å²) in [6.45, 7) is 12.9. The van der Waals surface area contributed by atoms with E-state index in [1.807, 2.05) is 0 Å². The van der Waals surface area contributed by atoms with Crippen molar-refractivity contribution in [3.8, 4) is 0 Å². The first-order valence-corrected chi connectivity index (χ1v) is 6.55. The molecule has 1 N–H and O–H groups in total. The van der Waals surface area contributed by atoms with Crippen molar-refractivity contribution in [2.45, 2.75) is 71.9 Å². The van der Waals surface area contributed by atoms with Crippen molar-refractivity contribution in [3.63, 3.8) is 0 Å². The van der Waals surface area contributed by atoms with Crippen LogP contribution in [0.25, 0.3) is 0 Å². The largest absolute Gasteiger partial charge is 0.391 e. The van der Waals surface area contributed by atoms with Gasteiger partial charge >= 0.3 is 0 Å². The highest BCUT2D eigenvalue weighted by atomic mass is 16.3. The third kappa shape index (κ3) is 3.18. The van der Waals surface area contributed by atoms with Crippen molar-refractivity contribution < 1.29 is 5.11 Å². The van der Waals surface area contributed by atoms with Crippen LogP contribution >= 0.6 is 0 Å². The molecule has 0 aromatic rings. The monoisotopic (exact) mass is 215 g/mol. The molecule has 0 aromatic heterocycles. The van der Waals surface area contributed by atoms with Crippen molar-refractivity contribution in [2.24, 2.45) is 0 Å². The predicted octanol–water partition coefficient (Wildman–Crippen LogP) is 3.05. The molecule has 0 saturated heterocycles. The molecule has 1 atom stereocenters. The number of nitrogens with zero attached hydrogens (tertiary/aromatic N) is 1. The Kier molecular flexibility index (Phi) is 7.20. The summed E-state index contributed by atoms with van der Waals surface area (Å²) < 4.78 is 0. The topological polar surface area (TPSA) is 23.5 Å². The zero-order valence-electron chi connectivity index (χ0n) is 11.2. The average Bonchev–Trinajstić information content (AvgIpc) is 2.26. The second-order valence-corrected chi connectivity index (χ2v) is 4.29. The standard InChI is InChI=1S/C13H29NO/c1-6-11-12(15)13(7-2,8-3)14(9-4)10-5/h12,15H,6-11H2,1-5H3. The molecule has 0 bridgehead atoms. The Balaban J connectivity index is 4.83. The Morgan fingerprint density at radius 1 is 1.00 bits per heavy atom. The van der Waals surface area contributed by atoms with Crippen molar-refractivity contribution in [2.75, 3.05) is 13.1 Å². The molecular formula is C13H29NO. The van der Waals surface area contributed by atoms with E-state index in [2.05, 4.69) is 39.5 Å². The number of aliphatic hydroxyl groups excluding tert-OH is 1. The van der Waals surface area contributed by atoms with E-state index < -0.39 is 0 Å². The summed E-state index contributed by atoms with van der Waals surface area (Å²) in [7, 11) is 0. The number of hydrogen-bond acceptors (Lipinski definition) is 2. The molecule has 0 aliphatic rings. The molecule has 0 saturated carbocycles. The molecule has 0 amide bonds. The van der Waals surface area contributed by atoms with E-state index in [9.17, 15) is 5.11 Å². The lowest BCUT2D eigenvalue weighted by atomic mass is 9.82. The van der Waals surface area contributed by atoms with Crippen LogP contribution in [0.5, 0.6) is 0 Å². The highest BCUT2D eigenvalue weighted by Gasteiger charge is 2.38. The molecule has 0 aliphatic heterocycles. The van der Waals surface area contributed by atoms with E-state index in [-0.39, 0.29) is 11.6 Å². The fourth-order valence-corrected chi connectivity index (χ4v) is 2.77. The Labute approximate surface area is 95.7 Å². The van der Waals surface area contributed by atoms with Crippen molar-refractivity contribution >= 4 is 0 Å². The molecular weight excluding hydrogens is 186 g/mol. The highest BCUT2D eigenvalue weighted by molar-refractivity contribution is 4.94. The fourth-order valence-electron chi connectivity index (χ4n) is 2.77. The third-order valence-electron chi connectivity index (χ3n) is 3.80. The molecule has 2 nitrogen and oxygen atoms in total. The molecule has 2 heteroatoms. The van der Waals surface area contributed by atoms with Crippen LogP contribution in [0, 0.1) is 0 Å². The van der Waals surface area contributed by atoms with E-state index in [0.29, 0.717) is 0 Å². The lowest BCUT2D eigenvalue weighted by Gasteiger charge is -2.45. The summed E-state index contributed by atoms with van der Waals surface area (Å²) in [5.74, 6) is 0. The summed E-state index contributed by atoms with van der Waals surface area (Å²) in [5, 5.41) is 10.4. The van der Waals surface area contributed by atoms with Gasteiger partial charge in [-0.15, -0.1) is 0 Å². The van der Waals surface area contributed by atoms with E-state index in [4.69, 9.17) is 0 Å². The molecule has 0 aliphatic carbocycles. The van der Waals surface area contributed by atoms with Crippen LogP contribution in [0.4, 0.5) is 0 Å². The zero-order valence-corrected chi connectivity index (χ0v) is 11.2. The van der Waals surface area contributed by atoms with Crippen LogP contribution in [-0.2, 0) is 0 Å². The number of likely N-dealkylation sites (N-methyl/N-ethyl adjacent to an activating group) is 1. The van der Waals surface area contributed by atoms with E-state index in [1.165, 1.54) is 0 Å². The van der Waals surface area contributed by atoms with Gasteiger partial charge < -0.3 is 5.11 Å². The van der Waals surface area contributed by atoms with Gasteiger partial charge in [-0.25, -0.2) is 0 Å². The summed E-state index contributed by atoms with van der Waals surface area (Å²) >= 11 is 0. The maximum Gasteiger partial charge on any atom is 0.0723 e. The van der Waals surface area contributed by atoms with E-state index in [1.54, 1.807) is 0 Å². The highest BCUT2D eigenvalue weighted by Crippen LogP contribution is 2.30. The summed E-state index contributed by atoms with van der Waals surface area (Å²) in [5.41, 5.74) is -0.000486. The minimum absolute atomic E-state index is 0.000486. The van der Waals surface area contributed by atoms with Crippen LogP contribution in [0.2, 0.25) is 0 Å². The van der Waals surface area contributed by atoms with Gasteiger partial charge in [0.2, 0.25) is 0 Å². The van der Waals surface area contributed by atoms with E-state index in [0.717, 1.165) is 38.8 Å². The van der Waals surface area contributed by atoms with Crippen molar-refractivity contribution in [1.29, 1.82) is 0 Å². The Hall–Kier alpha value is -0.0800. The summed E-state index contributed by atoms with van der Waals surface area (Å²) in [4.78, 5) is 2.42. The van der Waals surface area contributed by atoms with Gasteiger partial charge in [-0.05, 0) is 32.4 Å². The van der Waals surface area contributed by atoms with Gasteiger partial charge in [0.25, 0.3) is 0 Å². The van der Waals surface area contributed by atoms with Gasteiger partial charge in [-0.1, -0.05) is 41.0 Å². The lowest BCUT2D eigenvalue weighted by Crippen LogP contribution is -2.56. The Bertz CT molecular complexity index is 151. The third-order valence-corrected chi connectivity index (χ3v) is 3.80. The van der Waals surface area contributed by atoms with Gasteiger partial charge in [0.05, 0.1) is 6.10 Å². The second-order valence-electron chi connectivity index (χ2n) is 4.29. The fraction of sp³-hybridized carbons (Fsp3) is 1.00. The summed E-state index contributed by atoms with van der Waals surface area (Å²) in [6, 6.07) is 0. The Morgan fingerprint density at radius 2 is 1.47 bits per heavy atom. The molecule has 0 radical (unpaired) electrons. The van der Waals surface area contributed by atoms with Crippen molar-refractivity contribution in [1.82, 2.24) is 4.90 Å². The molecule has 0 aromatic carbocycles. The van der Waals surface area contributed by atoms with Crippen molar-refractivity contribution in [3.05, 3.63) is 0 Å². The first kappa shape index (κ1) is 14.9. The minimum Gasteiger partial charge on any atom is -0.391 e. The van der Waals surface area contributed by atoms with Gasteiger partial charge in [0, 0.05) is 5.54 Å². The second kappa shape index (κ2) is 7.24. The van der Waals surface area contributed by atoms with Crippen LogP contribution in [0.1, 0.15) is 60.3 Å². The normalized spacial score (nSPS) is 14.6. The van der Waals surface area contributed by atoms with Crippen LogP contribution in [-0.4, -0.2) is 34.7 Å². The van der Waals surface area contributed by atoms with Crippen LogP contribution in [0.3, 0.4) is 0 Å². The van der Waals surface area contributed by atoms with Gasteiger partial charge in [0.15, 0.2) is 0 Å². The number of rotatable bonds is 8. The molecule has 1 unspecified atom stereocenters. The maximum absolute atomic E-state index is 10.4. The van der Waals surface area contributed by atoms with Crippen LogP contribution < -0.4 is 0 Å². The number of aliphatic hydroxyl groups is 1. The quantitative estimate of drug-likeness (QED) is 0.672. The molecule has 0 spiro atoms. The molecule has 15 heavy (non-hydrogen) atoms. The minimum atomic E-state index is -0.183. The molecule has 0 heterocycles. The maximum atomic E-state index is 10.4. The molecule has 0 fully saturated rings. The molecule has 0 rings (SSSR count). The smallest absolute Gasteiger partial charge is 0.0723 e. The first-order valence-electron chi connectivity index (χ1n) is 6.55. The average molecular weight is 215 g/mol. The first-order chi connectivity index (χ1) is 7.12. The predicted molar refractivity (Wildman–Crippen MR) is 67.1 cm³/mol. The van der Waals surface area contributed by atoms with Crippen LogP contribution in [0.15, 0.2) is 0 Å². The van der Waals surface area contributed by atoms with Gasteiger partial charge in [-0.3, -0.25) is 4.90 Å². The van der Waals surface area contributed by atoms with E-state index >= 15 is 0 Å². The van der Waals surface area contributed by atoms with Gasteiger partial charge in [-0.2, -0.15) is 0 Å². The zero-order chi connectivity index (χ0) is 11.9. The van der Waals surface area contributed by atoms with Gasteiger partial charge in [0.1, 0.15) is 0 Å².